The standard InChI is InChI=1S/C38H39NO5S/c1-6-42-37(41)35-26(2)33-24-30(20-21-34(33)43-35)45-39(23-22-27-12-8-7-9-13-27)25-28-16-18-29(19-17-28)31-14-10-11-15-32(31)36(40)44-38(3,4)5/h7-21,24H,6,22-23,25H2,1-5H3. The van der Waals surface area contributed by atoms with Gasteiger partial charge in [0.25, 0.3) is 0 Å². The summed E-state index contributed by atoms with van der Waals surface area (Å²) in [6.07, 6.45) is 0.898. The largest absolute Gasteiger partial charge is 0.460 e. The molecule has 1 heterocycles. The van der Waals surface area contributed by atoms with Gasteiger partial charge in [0.15, 0.2) is 0 Å². The van der Waals surface area contributed by atoms with Crippen molar-refractivity contribution in [3.63, 3.8) is 0 Å². The molecule has 0 bridgehead atoms. The summed E-state index contributed by atoms with van der Waals surface area (Å²) >= 11 is 1.68. The molecule has 5 rings (SSSR count). The molecule has 0 aliphatic heterocycles. The zero-order valence-corrected chi connectivity index (χ0v) is 27.3. The van der Waals surface area contributed by atoms with Gasteiger partial charge in [-0.25, -0.2) is 13.9 Å². The molecule has 0 N–H and O–H groups in total. The molecule has 4 aromatic carbocycles. The van der Waals surface area contributed by atoms with Crippen molar-refractivity contribution >= 4 is 34.9 Å². The molecule has 0 aliphatic carbocycles. The highest BCUT2D eigenvalue weighted by molar-refractivity contribution is 7.97. The topological polar surface area (TPSA) is 69.0 Å². The van der Waals surface area contributed by atoms with Gasteiger partial charge in [-0.05, 0) is 99.5 Å². The van der Waals surface area contributed by atoms with Crippen molar-refractivity contribution in [2.24, 2.45) is 0 Å². The van der Waals surface area contributed by atoms with E-state index in [0.29, 0.717) is 24.3 Å². The lowest BCUT2D eigenvalue weighted by Crippen LogP contribution is -2.24. The first-order valence-electron chi connectivity index (χ1n) is 15.2. The number of fused-ring (bicyclic) bond motifs is 1. The smallest absolute Gasteiger partial charge is 0.374 e. The van der Waals surface area contributed by atoms with E-state index >= 15 is 0 Å². The zero-order valence-electron chi connectivity index (χ0n) is 26.5. The molecule has 0 unspecified atom stereocenters. The molecule has 7 heteroatoms. The fourth-order valence-electron chi connectivity index (χ4n) is 5.09. The van der Waals surface area contributed by atoms with Crippen LogP contribution in [0.25, 0.3) is 22.1 Å². The number of carbonyl (C=O) groups is 2. The summed E-state index contributed by atoms with van der Waals surface area (Å²) in [5.41, 5.74) is 5.66. The van der Waals surface area contributed by atoms with Crippen molar-refractivity contribution in [2.45, 2.75) is 58.1 Å². The van der Waals surface area contributed by atoms with Crippen LogP contribution in [-0.4, -0.2) is 35.0 Å². The fourth-order valence-corrected chi connectivity index (χ4v) is 6.09. The minimum absolute atomic E-state index is 0.253. The minimum Gasteiger partial charge on any atom is -0.460 e. The van der Waals surface area contributed by atoms with Gasteiger partial charge in [-0.1, -0.05) is 72.8 Å². The van der Waals surface area contributed by atoms with Crippen LogP contribution in [0.5, 0.6) is 0 Å². The summed E-state index contributed by atoms with van der Waals surface area (Å²) < 4.78 is 19.0. The van der Waals surface area contributed by atoms with E-state index in [4.69, 9.17) is 13.9 Å². The van der Waals surface area contributed by atoms with Crippen LogP contribution in [0.3, 0.4) is 0 Å². The van der Waals surface area contributed by atoms with Gasteiger partial charge < -0.3 is 13.9 Å². The third-order valence-electron chi connectivity index (χ3n) is 7.27. The van der Waals surface area contributed by atoms with Crippen LogP contribution in [0.1, 0.15) is 65.3 Å². The average Bonchev–Trinajstić information content (AvgIpc) is 3.35. The Morgan fingerprint density at radius 1 is 0.844 bits per heavy atom. The number of rotatable bonds is 11. The van der Waals surface area contributed by atoms with Gasteiger partial charge in [0.2, 0.25) is 5.76 Å². The Labute approximate surface area is 269 Å². The maximum absolute atomic E-state index is 12.9. The van der Waals surface area contributed by atoms with Gasteiger partial charge in [-0.15, -0.1) is 0 Å². The Hall–Kier alpha value is -4.33. The molecule has 0 spiro atoms. The monoisotopic (exact) mass is 621 g/mol. The van der Waals surface area contributed by atoms with Gasteiger partial charge in [-0.2, -0.15) is 0 Å². The SMILES string of the molecule is CCOC(=O)c1oc2ccc(SN(CCc3ccccc3)Cc3ccc(-c4ccccc4C(=O)OC(C)(C)C)cc3)cc2c1C. The lowest BCUT2D eigenvalue weighted by Gasteiger charge is -2.22. The van der Waals surface area contributed by atoms with Crippen molar-refractivity contribution in [2.75, 3.05) is 13.2 Å². The Morgan fingerprint density at radius 2 is 1.56 bits per heavy atom. The number of hydrogen-bond donors (Lipinski definition) is 0. The predicted octanol–water partition coefficient (Wildman–Crippen LogP) is 9.29. The van der Waals surface area contributed by atoms with Crippen LogP contribution < -0.4 is 0 Å². The lowest BCUT2D eigenvalue weighted by molar-refractivity contribution is 0.00701. The van der Waals surface area contributed by atoms with Crippen LogP contribution >= 0.6 is 11.9 Å². The van der Waals surface area contributed by atoms with Crippen molar-refractivity contribution in [3.8, 4) is 11.1 Å². The summed E-state index contributed by atoms with van der Waals surface area (Å²) in [6.45, 7) is 11.1. The predicted molar refractivity (Wildman–Crippen MR) is 180 cm³/mol. The fraction of sp³-hybridized carbons (Fsp3) is 0.263. The maximum Gasteiger partial charge on any atom is 0.374 e. The molecule has 0 saturated heterocycles. The van der Waals surface area contributed by atoms with Gasteiger partial charge in [-0.3, -0.25) is 0 Å². The molecule has 0 aliphatic rings. The highest BCUT2D eigenvalue weighted by Crippen LogP contribution is 2.33. The maximum atomic E-state index is 12.9. The van der Waals surface area contributed by atoms with E-state index in [9.17, 15) is 9.59 Å². The second-order valence-electron chi connectivity index (χ2n) is 11.9. The third kappa shape index (κ3) is 8.24. The second-order valence-corrected chi connectivity index (χ2v) is 13.0. The molecule has 45 heavy (non-hydrogen) atoms. The molecule has 6 nitrogen and oxygen atoms in total. The molecule has 232 valence electrons. The quantitative estimate of drug-likeness (QED) is 0.108. The van der Waals surface area contributed by atoms with Gasteiger partial charge >= 0.3 is 11.9 Å². The number of carbonyl (C=O) groups excluding carboxylic acids is 2. The number of hydrogen-bond acceptors (Lipinski definition) is 7. The normalized spacial score (nSPS) is 11.6. The van der Waals surface area contributed by atoms with Gasteiger partial charge in [0.05, 0.1) is 12.2 Å². The van der Waals surface area contributed by atoms with E-state index in [1.54, 1.807) is 18.9 Å². The zero-order chi connectivity index (χ0) is 32.0. The van der Waals surface area contributed by atoms with Gasteiger partial charge in [0.1, 0.15) is 11.2 Å². The van der Waals surface area contributed by atoms with Crippen molar-refractivity contribution in [1.29, 1.82) is 0 Å². The molecule has 5 aromatic rings. The summed E-state index contributed by atoms with van der Waals surface area (Å²) in [6, 6.07) is 32.4. The summed E-state index contributed by atoms with van der Waals surface area (Å²) in [5.74, 6) is -0.518. The molecule has 0 radical (unpaired) electrons. The minimum atomic E-state index is -0.570. The number of nitrogens with zero attached hydrogens (tertiary/aromatic N) is 1. The van der Waals surface area contributed by atoms with Crippen LogP contribution in [0, 0.1) is 6.92 Å². The number of ether oxygens (including phenoxy) is 2. The van der Waals surface area contributed by atoms with E-state index in [2.05, 4.69) is 58.9 Å². The molecule has 0 fully saturated rings. The van der Waals surface area contributed by atoms with Gasteiger partial charge in [0, 0.05) is 28.9 Å². The Kier molecular flexibility index (Phi) is 10.1. The number of furan rings is 1. The van der Waals surface area contributed by atoms with Crippen LogP contribution in [0.15, 0.2) is 106 Å². The molecule has 1 aromatic heterocycles. The molecule has 0 amide bonds. The summed E-state index contributed by atoms with van der Waals surface area (Å²) in [7, 11) is 0. The first-order valence-corrected chi connectivity index (χ1v) is 16.0. The molecular weight excluding hydrogens is 582 g/mol. The highest BCUT2D eigenvalue weighted by Gasteiger charge is 2.22. The van der Waals surface area contributed by atoms with Crippen molar-refractivity contribution in [1.82, 2.24) is 4.31 Å². The lowest BCUT2D eigenvalue weighted by atomic mass is 9.98. The molecular formula is C38H39NO5S. The van der Waals surface area contributed by atoms with Crippen LogP contribution in [0.4, 0.5) is 0 Å². The summed E-state index contributed by atoms with van der Waals surface area (Å²) in [4.78, 5) is 26.4. The summed E-state index contributed by atoms with van der Waals surface area (Å²) in [5, 5.41) is 0.902. The van der Waals surface area contributed by atoms with E-state index < -0.39 is 11.6 Å². The van der Waals surface area contributed by atoms with E-state index in [-0.39, 0.29) is 11.7 Å². The van der Waals surface area contributed by atoms with Crippen molar-refractivity contribution in [3.05, 3.63) is 125 Å². The first kappa shape index (κ1) is 32.1. The number of benzene rings is 4. The number of esters is 2. The van der Waals surface area contributed by atoms with Crippen molar-refractivity contribution < 1.29 is 23.5 Å². The van der Waals surface area contributed by atoms with E-state index in [0.717, 1.165) is 45.5 Å². The van der Waals surface area contributed by atoms with Crippen LogP contribution in [0.2, 0.25) is 0 Å². The van der Waals surface area contributed by atoms with E-state index in [1.807, 2.05) is 70.2 Å². The molecule has 0 atom stereocenters. The first-order chi connectivity index (χ1) is 21.6. The molecule has 0 saturated carbocycles. The van der Waals surface area contributed by atoms with E-state index in [1.165, 1.54) is 5.56 Å². The Balaban J connectivity index is 1.37. The average molecular weight is 622 g/mol. The Bertz CT molecular complexity index is 1770. The number of aryl methyl sites for hydroxylation is 1. The Morgan fingerprint density at radius 3 is 2.27 bits per heavy atom. The highest BCUT2D eigenvalue weighted by atomic mass is 32.2. The second kappa shape index (κ2) is 14.2. The third-order valence-corrected chi connectivity index (χ3v) is 8.30. The van der Waals surface area contributed by atoms with Crippen LogP contribution in [-0.2, 0) is 22.4 Å².